The van der Waals surface area contributed by atoms with Gasteiger partial charge < -0.3 is 10.2 Å². The van der Waals surface area contributed by atoms with Crippen molar-refractivity contribution in [2.75, 3.05) is 0 Å². The molecule has 0 radical (unpaired) electrons. The molecule has 0 spiro atoms. The van der Waals surface area contributed by atoms with E-state index in [1.165, 1.54) is 0 Å². The van der Waals surface area contributed by atoms with Crippen molar-refractivity contribution in [2.24, 2.45) is 11.3 Å². The highest BCUT2D eigenvalue weighted by molar-refractivity contribution is 5.16. The summed E-state index contributed by atoms with van der Waals surface area (Å²) in [5.41, 5.74) is -0.259. The smallest absolute Gasteiger partial charge is 0.160 e. The van der Waals surface area contributed by atoms with Crippen LogP contribution in [0.15, 0.2) is 12.2 Å². The standard InChI is InChI=1S/C8H12O2/c9-7(10)8-3-1-6(5-8)2-4-8/h1,3,6-7,9-10H,2,4-5H2. The molecule has 0 aliphatic heterocycles. The zero-order valence-corrected chi connectivity index (χ0v) is 5.83. The highest BCUT2D eigenvalue weighted by Gasteiger charge is 2.45. The van der Waals surface area contributed by atoms with Gasteiger partial charge in [-0.15, -0.1) is 0 Å². The van der Waals surface area contributed by atoms with Gasteiger partial charge in [0.2, 0.25) is 0 Å². The third kappa shape index (κ3) is 0.662. The zero-order valence-electron chi connectivity index (χ0n) is 5.83. The first-order valence-corrected chi connectivity index (χ1v) is 3.78. The Balaban J connectivity index is 2.24. The third-order valence-corrected chi connectivity index (χ3v) is 2.84. The van der Waals surface area contributed by atoms with Crippen molar-refractivity contribution >= 4 is 0 Å². The monoisotopic (exact) mass is 140 g/mol. The van der Waals surface area contributed by atoms with E-state index < -0.39 is 6.29 Å². The number of hydrogen-bond donors (Lipinski definition) is 2. The van der Waals surface area contributed by atoms with Gasteiger partial charge in [0.25, 0.3) is 0 Å². The second-order valence-corrected chi connectivity index (χ2v) is 3.47. The van der Waals surface area contributed by atoms with Crippen LogP contribution in [0.2, 0.25) is 0 Å². The quantitative estimate of drug-likeness (QED) is 0.415. The first-order valence-electron chi connectivity index (χ1n) is 3.78. The molecule has 2 aliphatic carbocycles. The molecule has 2 nitrogen and oxygen atoms in total. The van der Waals surface area contributed by atoms with E-state index in [0.717, 1.165) is 19.3 Å². The van der Waals surface area contributed by atoms with Gasteiger partial charge in [0.15, 0.2) is 6.29 Å². The number of rotatable bonds is 1. The number of fused-ring (bicyclic) bond motifs is 2. The zero-order chi connectivity index (χ0) is 7.19. The van der Waals surface area contributed by atoms with E-state index in [0.29, 0.717) is 5.92 Å². The third-order valence-electron chi connectivity index (χ3n) is 2.84. The summed E-state index contributed by atoms with van der Waals surface area (Å²) in [4.78, 5) is 0. The molecule has 1 fully saturated rings. The van der Waals surface area contributed by atoms with Gasteiger partial charge >= 0.3 is 0 Å². The van der Waals surface area contributed by atoms with Crippen molar-refractivity contribution < 1.29 is 10.2 Å². The second kappa shape index (κ2) is 1.83. The molecular weight excluding hydrogens is 128 g/mol. The van der Waals surface area contributed by atoms with Gasteiger partial charge in [-0.3, -0.25) is 0 Å². The van der Waals surface area contributed by atoms with E-state index in [1.807, 2.05) is 6.08 Å². The van der Waals surface area contributed by atoms with Gasteiger partial charge in [0, 0.05) is 5.41 Å². The number of hydrogen-bond acceptors (Lipinski definition) is 2. The van der Waals surface area contributed by atoms with Crippen LogP contribution in [0.25, 0.3) is 0 Å². The summed E-state index contributed by atoms with van der Waals surface area (Å²) in [6, 6.07) is 0. The van der Waals surface area contributed by atoms with Crippen LogP contribution in [0, 0.1) is 11.3 Å². The predicted octanol–water partition coefficient (Wildman–Crippen LogP) is 0.653. The molecule has 2 rings (SSSR count). The van der Waals surface area contributed by atoms with E-state index >= 15 is 0 Å². The van der Waals surface area contributed by atoms with E-state index in [1.54, 1.807) is 0 Å². The van der Waals surface area contributed by atoms with Crippen molar-refractivity contribution in [3.63, 3.8) is 0 Å². The number of aliphatic hydroxyl groups is 2. The van der Waals surface area contributed by atoms with Gasteiger partial charge in [-0.1, -0.05) is 12.2 Å². The molecule has 2 unspecified atom stereocenters. The van der Waals surface area contributed by atoms with Crippen LogP contribution >= 0.6 is 0 Å². The van der Waals surface area contributed by atoms with Crippen LogP contribution in [0.5, 0.6) is 0 Å². The van der Waals surface area contributed by atoms with Gasteiger partial charge in [0.1, 0.15) is 0 Å². The summed E-state index contributed by atoms with van der Waals surface area (Å²) in [6.07, 6.45) is 5.98. The topological polar surface area (TPSA) is 40.5 Å². The SMILES string of the molecule is OC(O)C12C=CC(CC1)C2. The Hall–Kier alpha value is -0.340. The minimum absolute atomic E-state index is 0.259. The molecule has 2 heteroatoms. The second-order valence-electron chi connectivity index (χ2n) is 3.47. The van der Waals surface area contributed by atoms with Crippen LogP contribution in [-0.2, 0) is 0 Å². The molecule has 56 valence electrons. The molecule has 10 heavy (non-hydrogen) atoms. The fraction of sp³-hybridized carbons (Fsp3) is 0.750. The lowest BCUT2D eigenvalue weighted by Crippen LogP contribution is -2.29. The molecule has 0 heterocycles. The molecule has 2 N–H and O–H groups in total. The Morgan fingerprint density at radius 1 is 1.50 bits per heavy atom. The lowest BCUT2D eigenvalue weighted by Gasteiger charge is -2.24. The fourth-order valence-electron chi connectivity index (χ4n) is 2.11. The van der Waals surface area contributed by atoms with Crippen molar-refractivity contribution in [3.8, 4) is 0 Å². The van der Waals surface area contributed by atoms with Crippen molar-refractivity contribution in [2.45, 2.75) is 25.6 Å². The van der Waals surface area contributed by atoms with Gasteiger partial charge in [-0.05, 0) is 25.2 Å². The molecule has 0 aromatic carbocycles. The molecule has 0 aromatic heterocycles. The molecule has 0 amide bonds. The minimum Gasteiger partial charge on any atom is -0.367 e. The largest absolute Gasteiger partial charge is 0.367 e. The molecule has 2 atom stereocenters. The summed E-state index contributed by atoms with van der Waals surface area (Å²) in [5.74, 6) is 0.627. The Kier molecular flexibility index (Phi) is 1.17. The highest BCUT2D eigenvalue weighted by atomic mass is 16.5. The molecule has 2 bridgehead atoms. The molecule has 0 aromatic rings. The van der Waals surface area contributed by atoms with Crippen molar-refractivity contribution in [1.82, 2.24) is 0 Å². The highest BCUT2D eigenvalue weighted by Crippen LogP contribution is 2.50. The molecule has 2 aliphatic rings. The Morgan fingerprint density at radius 3 is 2.50 bits per heavy atom. The minimum atomic E-state index is -1.14. The van der Waals surface area contributed by atoms with Crippen LogP contribution in [-0.4, -0.2) is 16.5 Å². The number of allylic oxidation sites excluding steroid dienone is 1. The van der Waals surface area contributed by atoms with E-state index in [4.69, 9.17) is 10.2 Å². The maximum absolute atomic E-state index is 9.03. The average molecular weight is 140 g/mol. The van der Waals surface area contributed by atoms with Crippen LogP contribution < -0.4 is 0 Å². The van der Waals surface area contributed by atoms with Gasteiger partial charge in [-0.25, -0.2) is 0 Å². The van der Waals surface area contributed by atoms with Crippen LogP contribution in [0.4, 0.5) is 0 Å². The van der Waals surface area contributed by atoms with E-state index in [2.05, 4.69) is 6.08 Å². The lowest BCUT2D eigenvalue weighted by atomic mass is 9.87. The molecular formula is C8H12O2. The van der Waals surface area contributed by atoms with Crippen LogP contribution in [0.3, 0.4) is 0 Å². The summed E-state index contributed by atoms with van der Waals surface area (Å²) < 4.78 is 0. The summed E-state index contributed by atoms with van der Waals surface area (Å²) >= 11 is 0. The van der Waals surface area contributed by atoms with E-state index in [9.17, 15) is 0 Å². The molecule has 0 saturated heterocycles. The number of aliphatic hydroxyl groups excluding tert-OH is 1. The maximum Gasteiger partial charge on any atom is 0.160 e. The lowest BCUT2D eigenvalue weighted by molar-refractivity contribution is -0.112. The normalized spacial score (nSPS) is 43.7. The summed E-state index contributed by atoms with van der Waals surface area (Å²) in [7, 11) is 0. The van der Waals surface area contributed by atoms with Gasteiger partial charge in [-0.2, -0.15) is 0 Å². The van der Waals surface area contributed by atoms with E-state index in [-0.39, 0.29) is 5.41 Å². The maximum atomic E-state index is 9.03. The summed E-state index contributed by atoms with van der Waals surface area (Å²) in [5, 5.41) is 18.1. The van der Waals surface area contributed by atoms with Crippen LogP contribution in [0.1, 0.15) is 19.3 Å². The fourth-order valence-corrected chi connectivity index (χ4v) is 2.11. The Morgan fingerprint density at radius 2 is 2.30 bits per heavy atom. The van der Waals surface area contributed by atoms with Crippen molar-refractivity contribution in [1.29, 1.82) is 0 Å². The first-order chi connectivity index (χ1) is 4.73. The summed E-state index contributed by atoms with van der Waals surface area (Å²) in [6.45, 7) is 0. The van der Waals surface area contributed by atoms with Crippen molar-refractivity contribution in [3.05, 3.63) is 12.2 Å². The Labute approximate surface area is 60.2 Å². The van der Waals surface area contributed by atoms with Gasteiger partial charge in [0.05, 0.1) is 0 Å². The first kappa shape index (κ1) is 6.38. The predicted molar refractivity (Wildman–Crippen MR) is 37.1 cm³/mol. The average Bonchev–Trinajstić information content (AvgIpc) is 2.45. The Bertz CT molecular complexity index is 174. The molecule has 1 saturated carbocycles.